The molecule has 1 aromatic rings. The molecule has 6 nitrogen and oxygen atoms in total. The standard InChI is InChI=1S/C11H19N5O/c1-9(8-16-2-4-17-5-3-16)15-11-7-13-10(12)6-14-11/h6-7,9H,2-5,8H2,1H3,(H2,12,13)(H,14,15). The predicted molar refractivity (Wildman–Crippen MR) is 66.8 cm³/mol. The van der Waals surface area contributed by atoms with Crippen LogP contribution >= 0.6 is 0 Å². The minimum absolute atomic E-state index is 0.325. The Labute approximate surface area is 101 Å². The van der Waals surface area contributed by atoms with Crippen LogP contribution in [-0.4, -0.2) is 53.8 Å². The quantitative estimate of drug-likeness (QED) is 0.778. The fourth-order valence-electron chi connectivity index (χ4n) is 1.88. The Morgan fingerprint density at radius 2 is 2.18 bits per heavy atom. The Hall–Kier alpha value is -1.40. The van der Waals surface area contributed by atoms with E-state index in [-0.39, 0.29) is 0 Å². The summed E-state index contributed by atoms with van der Waals surface area (Å²) in [6.45, 7) is 6.77. The van der Waals surface area contributed by atoms with E-state index in [0.29, 0.717) is 11.9 Å². The van der Waals surface area contributed by atoms with Crippen molar-refractivity contribution in [1.29, 1.82) is 0 Å². The summed E-state index contributed by atoms with van der Waals surface area (Å²) >= 11 is 0. The number of hydrogen-bond acceptors (Lipinski definition) is 6. The maximum Gasteiger partial charge on any atom is 0.144 e. The number of nitrogens with zero attached hydrogens (tertiary/aromatic N) is 3. The van der Waals surface area contributed by atoms with Gasteiger partial charge in [-0.15, -0.1) is 0 Å². The summed E-state index contributed by atoms with van der Waals surface area (Å²) in [5, 5.41) is 3.30. The van der Waals surface area contributed by atoms with E-state index >= 15 is 0 Å². The number of ether oxygens (including phenoxy) is 1. The third-order valence-electron chi connectivity index (χ3n) is 2.70. The molecule has 0 radical (unpaired) electrons. The average molecular weight is 237 g/mol. The van der Waals surface area contributed by atoms with Crippen LogP contribution in [0.4, 0.5) is 11.6 Å². The first-order valence-electron chi connectivity index (χ1n) is 5.88. The van der Waals surface area contributed by atoms with E-state index in [4.69, 9.17) is 10.5 Å². The van der Waals surface area contributed by atoms with Crippen LogP contribution in [0.1, 0.15) is 6.92 Å². The van der Waals surface area contributed by atoms with Crippen LogP contribution in [0.25, 0.3) is 0 Å². The monoisotopic (exact) mass is 237 g/mol. The lowest BCUT2D eigenvalue weighted by atomic mass is 10.3. The summed E-state index contributed by atoms with van der Waals surface area (Å²) in [6, 6.07) is 0.325. The first-order valence-corrected chi connectivity index (χ1v) is 5.88. The number of nitrogens with two attached hydrogens (primary N) is 1. The van der Waals surface area contributed by atoms with Crippen molar-refractivity contribution < 1.29 is 4.74 Å². The highest BCUT2D eigenvalue weighted by Gasteiger charge is 2.13. The van der Waals surface area contributed by atoms with E-state index in [1.54, 1.807) is 12.4 Å². The average Bonchev–Trinajstić information content (AvgIpc) is 2.33. The molecule has 94 valence electrons. The first-order chi connectivity index (χ1) is 8.24. The minimum Gasteiger partial charge on any atom is -0.382 e. The van der Waals surface area contributed by atoms with Crippen molar-refractivity contribution >= 4 is 11.6 Å². The van der Waals surface area contributed by atoms with Crippen molar-refractivity contribution in [2.24, 2.45) is 0 Å². The second kappa shape index (κ2) is 5.79. The van der Waals surface area contributed by atoms with Gasteiger partial charge in [-0.05, 0) is 6.92 Å². The smallest absolute Gasteiger partial charge is 0.144 e. The molecule has 1 aromatic heterocycles. The molecule has 0 saturated carbocycles. The van der Waals surface area contributed by atoms with Gasteiger partial charge in [0.1, 0.15) is 11.6 Å². The van der Waals surface area contributed by atoms with E-state index in [9.17, 15) is 0 Å². The van der Waals surface area contributed by atoms with E-state index in [1.165, 1.54) is 0 Å². The number of rotatable bonds is 4. The molecule has 0 aromatic carbocycles. The Balaban J connectivity index is 1.79. The van der Waals surface area contributed by atoms with Crippen molar-refractivity contribution in [2.75, 3.05) is 43.9 Å². The fourth-order valence-corrected chi connectivity index (χ4v) is 1.88. The summed E-state index contributed by atoms with van der Waals surface area (Å²) in [5.74, 6) is 1.20. The number of anilines is 2. The lowest BCUT2D eigenvalue weighted by Gasteiger charge is -2.29. The molecule has 1 aliphatic rings. The van der Waals surface area contributed by atoms with Gasteiger partial charge in [0.15, 0.2) is 0 Å². The van der Waals surface area contributed by atoms with Crippen molar-refractivity contribution in [3.05, 3.63) is 12.4 Å². The lowest BCUT2D eigenvalue weighted by molar-refractivity contribution is 0.0368. The summed E-state index contributed by atoms with van der Waals surface area (Å²) in [7, 11) is 0. The first kappa shape index (κ1) is 12.1. The van der Waals surface area contributed by atoms with Gasteiger partial charge in [-0.2, -0.15) is 0 Å². The van der Waals surface area contributed by atoms with E-state index in [2.05, 4.69) is 27.1 Å². The maximum absolute atomic E-state index is 5.48. The summed E-state index contributed by atoms with van der Waals surface area (Å²) in [6.07, 6.45) is 3.22. The minimum atomic E-state index is 0.325. The van der Waals surface area contributed by atoms with Crippen molar-refractivity contribution in [3.63, 3.8) is 0 Å². The van der Waals surface area contributed by atoms with Gasteiger partial charge in [0.25, 0.3) is 0 Å². The second-order valence-corrected chi connectivity index (χ2v) is 4.28. The molecule has 2 rings (SSSR count). The number of nitrogens with one attached hydrogen (secondary N) is 1. The summed E-state index contributed by atoms with van der Waals surface area (Å²) in [4.78, 5) is 10.5. The maximum atomic E-state index is 5.48. The molecule has 0 aliphatic carbocycles. The van der Waals surface area contributed by atoms with Crippen LogP contribution in [0.5, 0.6) is 0 Å². The SMILES string of the molecule is CC(CN1CCOCC1)Nc1cnc(N)cn1. The molecule has 1 fully saturated rings. The molecule has 2 heterocycles. The van der Waals surface area contributed by atoms with Gasteiger partial charge in [-0.1, -0.05) is 0 Å². The Morgan fingerprint density at radius 1 is 1.41 bits per heavy atom. The molecule has 1 saturated heterocycles. The Bertz CT molecular complexity index is 336. The van der Waals surface area contributed by atoms with Crippen LogP contribution in [0, 0.1) is 0 Å². The van der Waals surface area contributed by atoms with E-state index in [1.807, 2.05) is 0 Å². The van der Waals surface area contributed by atoms with Gasteiger partial charge in [0.2, 0.25) is 0 Å². The normalized spacial score (nSPS) is 18.9. The van der Waals surface area contributed by atoms with Gasteiger partial charge < -0.3 is 15.8 Å². The molecule has 1 aliphatic heterocycles. The summed E-state index contributed by atoms with van der Waals surface area (Å²) < 4.78 is 5.31. The van der Waals surface area contributed by atoms with Gasteiger partial charge in [-0.3, -0.25) is 4.90 Å². The molecule has 17 heavy (non-hydrogen) atoms. The highest BCUT2D eigenvalue weighted by molar-refractivity contribution is 5.36. The van der Waals surface area contributed by atoms with Crippen LogP contribution in [-0.2, 0) is 4.74 Å². The fraction of sp³-hybridized carbons (Fsp3) is 0.636. The van der Waals surface area contributed by atoms with E-state index < -0.39 is 0 Å². The summed E-state index contributed by atoms with van der Waals surface area (Å²) in [5.41, 5.74) is 5.48. The van der Waals surface area contributed by atoms with Gasteiger partial charge in [0, 0.05) is 25.7 Å². The molecule has 0 bridgehead atoms. The van der Waals surface area contributed by atoms with Crippen LogP contribution in [0.15, 0.2) is 12.4 Å². The van der Waals surface area contributed by atoms with Crippen LogP contribution in [0.2, 0.25) is 0 Å². The number of aromatic nitrogens is 2. The number of hydrogen-bond donors (Lipinski definition) is 2. The van der Waals surface area contributed by atoms with Crippen molar-refractivity contribution in [3.8, 4) is 0 Å². The van der Waals surface area contributed by atoms with E-state index in [0.717, 1.165) is 38.7 Å². The highest BCUT2D eigenvalue weighted by atomic mass is 16.5. The van der Waals surface area contributed by atoms with Crippen molar-refractivity contribution in [1.82, 2.24) is 14.9 Å². The zero-order chi connectivity index (χ0) is 12.1. The molecule has 0 spiro atoms. The lowest BCUT2D eigenvalue weighted by Crippen LogP contribution is -2.42. The zero-order valence-corrected chi connectivity index (χ0v) is 10.1. The van der Waals surface area contributed by atoms with Crippen LogP contribution in [0.3, 0.4) is 0 Å². The third kappa shape index (κ3) is 3.83. The number of nitrogen functional groups attached to an aromatic ring is 1. The topological polar surface area (TPSA) is 76.3 Å². The molecule has 6 heteroatoms. The molecule has 1 unspecified atom stereocenters. The molecule has 3 N–H and O–H groups in total. The van der Waals surface area contributed by atoms with Gasteiger partial charge in [0.05, 0.1) is 25.6 Å². The van der Waals surface area contributed by atoms with Gasteiger partial charge in [-0.25, -0.2) is 9.97 Å². The Kier molecular flexibility index (Phi) is 4.11. The second-order valence-electron chi connectivity index (χ2n) is 4.28. The van der Waals surface area contributed by atoms with Crippen molar-refractivity contribution in [2.45, 2.75) is 13.0 Å². The molecular weight excluding hydrogens is 218 g/mol. The third-order valence-corrected chi connectivity index (χ3v) is 2.70. The molecule has 1 atom stereocenters. The predicted octanol–water partition coefficient (Wildman–Crippen LogP) is 0.191. The van der Waals surface area contributed by atoms with Gasteiger partial charge >= 0.3 is 0 Å². The largest absolute Gasteiger partial charge is 0.382 e. The number of morpholine rings is 1. The highest BCUT2D eigenvalue weighted by Crippen LogP contribution is 2.06. The zero-order valence-electron chi connectivity index (χ0n) is 10.1. The molecule has 0 amide bonds. The Morgan fingerprint density at radius 3 is 2.82 bits per heavy atom. The molecular formula is C11H19N5O. The van der Waals surface area contributed by atoms with Crippen LogP contribution < -0.4 is 11.1 Å².